The van der Waals surface area contributed by atoms with Crippen LogP contribution in [-0.2, 0) is 0 Å². The van der Waals surface area contributed by atoms with Gasteiger partial charge in [-0.15, -0.1) is 11.3 Å². The number of thiazole rings is 1. The van der Waals surface area contributed by atoms with Gasteiger partial charge in [-0.1, -0.05) is 5.92 Å². The third-order valence-electron chi connectivity index (χ3n) is 3.65. The Bertz CT molecular complexity index is 686. The third kappa shape index (κ3) is 3.62. The fourth-order valence-electron chi connectivity index (χ4n) is 2.50. The van der Waals surface area contributed by atoms with Crippen molar-refractivity contribution in [1.29, 1.82) is 0 Å². The Morgan fingerprint density at radius 3 is 2.86 bits per heavy atom. The molecule has 0 spiro atoms. The number of hydrogen-bond donors (Lipinski definition) is 1. The van der Waals surface area contributed by atoms with E-state index in [-0.39, 0.29) is 6.61 Å². The predicted octanol–water partition coefficient (Wildman–Crippen LogP) is 1.85. The fraction of sp³-hybridized carbons (Fsp3) is 0.438. The predicted molar refractivity (Wildman–Crippen MR) is 86.9 cm³/mol. The van der Waals surface area contributed by atoms with Crippen LogP contribution >= 0.6 is 11.3 Å². The van der Waals surface area contributed by atoms with E-state index in [1.54, 1.807) is 23.7 Å². The van der Waals surface area contributed by atoms with Gasteiger partial charge >= 0.3 is 0 Å². The van der Waals surface area contributed by atoms with E-state index >= 15 is 0 Å². The molecule has 0 radical (unpaired) electrons. The van der Waals surface area contributed by atoms with E-state index in [1.165, 1.54) is 0 Å². The SMILES string of the molecule is Cc1nc(C#Cc2cnc(N3CCCC(CO)C3)nc2)cs1. The van der Waals surface area contributed by atoms with Gasteiger partial charge in [0.15, 0.2) is 0 Å². The van der Waals surface area contributed by atoms with Crippen molar-refractivity contribution in [3.8, 4) is 11.8 Å². The Balaban J connectivity index is 1.69. The Labute approximate surface area is 134 Å². The highest BCUT2D eigenvalue weighted by atomic mass is 32.1. The molecule has 1 atom stereocenters. The number of piperidine rings is 1. The first-order valence-electron chi connectivity index (χ1n) is 7.36. The zero-order chi connectivity index (χ0) is 15.4. The number of nitrogens with zero attached hydrogens (tertiary/aromatic N) is 4. The summed E-state index contributed by atoms with van der Waals surface area (Å²) in [6.45, 7) is 3.96. The topological polar surface area (TPSA) is 62.1 Å². The summed E-state index contributed by atoms with van der Waals surface area (Å²) in [6.07, 6.45) is 5.64. The van der Waals surface area contributed by atoms with Gasteiger partial charge in [-0.25, -0.2) is 15.0 Å². The summed E-state index contributed by atoms with van der Waals surface area (Å²) in [5, 5.41) is 12.2. The van der Waals surface area contributed by atoms with E-state index in [0.717, 1.165) is 42.2 Å². The molecule has 0 aromatic carbocycles. The molecule has 2 aromatic heterocycles. The summed E-state index contributed by atoms with van der Waals surface area (Å²) in [4.78, 5) is 15.2. The van der Waals surface area contributed by atoms with Crippen LogP contribution in [0.1, 0.15) is 29.1 Å². The van der Waals surface area contributed by atoms with Gasteiger partial charge in [0, 0.05) is 37.5 Å². The van der Waals surface area contributed by atoms with E-state index in [2.05, 4.69) is 31.7 Å². The normalized spacial score (nSPS) is 17.9. The molecular weight excluding hydrogens is 296 g/mol. The number of aryl methyl sites for hydroxylation is 1. The molecule has 3 rings (SSSR count). The molecule has 1 saturated heterocycles. The second-order valence-corrected chi connectivity index (χ2v) is 6.47. The molecule has 1 aliphatic heterocycles. The van der Waals surface area contributed by atoms with Crippen molar-refractivity contribution < 1.29 is 5.11 Å². The van der Waals surface area contributed by atoms with Crippen molar-refractivity contribution in [3.63, 3.8) is 0 Å². The molecule has 6 heteroatoms. The Hall–Kier alpha value is -1.97. The van der Waals surface area contributed by atoms with Crippen LogP contribution in [0.15, 0.2) is 17.8 Å². The number of rotatable bonds is 2. The summed E-state index contributed by atoms with van der Waals surface area (Å²) < 4.78 is 0. The molecule has 0 aliphatic carbocycles. The smallest absolute Gasteiger partial charge is 0.225 e. The monoisotopic (exact) mass is 314 g/mol. The van der Waals surface area contributed by atoms with Gasteiger partial charge in [0.05, 0.1) is 10.6 Å². The van der Waals surface area contributed by atoms with Crippen LogP contribution in [0.3, 0.4) is 0 Å². The zero-order valence-corrected chi connectivity index (χ0v) is 13.3. The lowest BCUT2D eigenvalue weighted by Gasteiger charge is -2.31. The quantitative estimate of drug-likeness (QED) is 0.857. The van der Waals surface area contributed by atoms with E-state index in [4.69, 9.17) is 0 Å². The molecule has 3 heterocycles. The molecule has 1 fully saturated rings. The highest BCUT2D eigenvalue weighted by molar-refractivity contribution is 7.09. The average Bonchev–Trinajstić information content (AvgIpc) is 2.99. The van der Waals surface area contributed by atoms with Crippen LogP contribution < -0.4 is 4.90 Å². The van der Waals surface area contributed by atoms with Gasteiger partial charge in [0.1, 0.15) is 5.69 Å². The highest BCUT2D eigenvalue weighted by Gasteiger charge is 2.20. The minimum atomic E-state index is 0.229. The maximum atomic E-state index is 9.29. The molecule has 1 unspecified atom stereocenters. The number of aromatic nitrogens is 3. The number of anilines is 1. The molecule has 0 bridgehead atoms. The Morgan fingerprint density at radius 1 is 1.36 bits per heavy atom. The van der Waals surface area contributed by atoms with Gasteiger partial charge in [-0.3, -0.25) is 0 Å². The lowest BCUT2D eigenvalue weighted by atomic mass is 9.99. The van der Waals surface area contributed by atoms with Crippen LogP contribution in [0.4, 0.5) is 5.95 Å². The van der Waals surface area contributed by atoms with Gasteiger partial charge in [-0.05, 0) is 31.6 Å². The van der Waals surface area contributed by atoms with Gasteiger partial charge < -0.3 is 10.0 Å². The first-order valence-corrected chi connectivity index (χ1v) is 8.24. The van der Waals surface area contributed by atoms with Crippen molar-refractivity contribution in [2.45, 2.75) is 19.8 Å². The Morgan fingerprint density at radius 2 is 2.18 bits per heavy atom. The van der Waals surface area contributed by atoms with Crippen LogP contribution in [0, 0.1) is 24.7 Å². The van der Waals surface area contributed by atoms with Crippen LogP contribution in [0.2, 0.25) is 0 Å². The minimum Gasteiger partial charge on any atom is -0.396 e. The lowest BCUT2D eigenvalue weighted by Crippen LogP contribution is -2.37. The van der Waals surface area contributed by atoms with Crippen molar-refractivity contribution >= 4 is 17.3 Å². The zero-order valence-electron chi connectivity index (χ0n) is 12.5. The average molecular weight is 314 g/mol. The first-order chi connectivity index (χ1) is 10.7. The molecule has 0 saturated carbocycles. The molecule has 5 nitrogen and oxygen atoms in total. The standard InChI is InChI=1S/C16H18N4OS/c1-12-19-15(11-22-12)5-4-13-7-17-16(18-8-13)20-6-2-3-14(9-20)10-21/h7-8,11,14,21H,2-3,6,9-10H2,1H3. The first kappa shape index (κ1) is 14.9. The van der Waals surface area contributed by atoms with Crippen molar-refractivity contribution in [3.05, 3.63) is 34.0 Å². The van der Waals surface area contributed by atoms with Gasteiger partial charge in [0.25, 0.3) is 0 Å². The number of hydrogen-bond acceptors (Lipinski definition) is 6. The van der Waals surface area contributed by atoms with E-state index in [0.29, 0.717) is 11.9 Å². The maximum absolute atomic E-state index is 9.29. The summed E-state index contributed by atoms with van der Waals surface area (Å²) >= 11 is 1.59. The molecule has 0 amide bonds. The van der Waals surface area contributed by atoms with Crippen LogP contribution in [0.5, 0.6) is 0 Å². The fourth-order valence-corrected chi connectivity index (χ4v) is 3.05. The molecule has 22 heavy (non-hydrogen) atoms. The lowest BCUT2D eigenvalue weighted by molar-refractivity contribution is 0.208. The van der Waals surface area contributed by atoms with Crippen molar-refractivity contribution in [2.75, 3.05) is 24.6 Å². The van der Waals surface area contributed by atoms with Gasteiger partial charge in [0.2, 0.25) is 5.95 Å². The largest absolute Gasteiger partial charge is 0.396 e. The minimum absolute atomic E-state index is 0.229. The maximum Gasteiger partial charge on any atom is 0.225 e. The molecule has 1 aliphatic rings. The summed E-state index contributed by atoms with van der Waals surface area (Å²) in [7, 11) is 0. The van der Waals surface area contributed by atoms with Gasteiger partial charge in [-0.2, -0.15) is 0 Å². The number of aliphatic hydroxyl groups is 1. The van der Waals surface area contributed by atoms with E-state index in [1.807, 2.05) is 12.3 Å². The van der Waals surface area contributed by atoms with Crippen LogP contribution in [-0.4, -0.2) is 39.8 Å². The molecule has 114 valence electrons. The van der Waals surface area contributed by atoms with Crippen LogP contribution in [0.25, 0.3) is 0 Å². The molecular formula is C16H18N4OS. The Kier molecular flexibility index (Phi) is 4.66. The van der Waals surface area contributed by atoms with Crippen molar-refractivity contribution in [1.82, 2.24) is 15.0 Å². The molecule has 1 N–H and O–H groups in total. The second kappa shape index (κ2) is 6.86. The summed E-state index contributed by atoms with van der Waals surface area (Å²) in [5.74, 6) is 7.09. The third-order valence-corrected chi connectivity index (χ3v) is 4.43. The van der Waals surface area contributed by atoms with Crippen molar-refractivity contribution in [2.24, 2.45) is 5.92 Å². The molecule has 2 aromatic rings. The highest BCUT2D eigenvalue weighted by Crippen LogP contribution is 2.19. The second-order valence-electron chi connectivity index (χ2n) is 5.41. The summed E-state index contributed by atoms with van der Waals surface area (Å²) in [6, 6.07) is 0. The van der Waals surface area contributed by atoms with E-state index in [9.17, 15) is 5.11 Å². The summed E-state index contributed by atoms with van der Waals surface area (Å²) in [5.41, 5.74) is 1.57. The number of aliphatic hydroxyl groups excluding tert-OH is 1. The van der Waals surface area contributed by atoms with E-state index < -0.39 is 0 Å².